The Labute approximate surface area is 105 Å². The van der Waals surface area contributed by atoms with Crippen LogP contribution in [-0.2, 0) is 10.0 Å². The number of aliphatic hydroxyl groups excluding tert-OH is 1. The molecule has 0 bridgehead atoms. The number of hydrogen-bond acceptors (Lipinski definition) is 3. The molecular formula is C12H25NO3S. The van der Waals surface area contributed by atoms with Gasteiger partial charge in [0.05, 0.1) is 11.9 Å². The van der Waals surface area contributed by atoms with E-state index >= 15 is 0 Å². The monoisotopic (exact) mass is 263 g/mol. The molecular weight excluding hydrogens is 238 g/mol. The van der Waals surface area contributed by atoms with Crippen LogP contribution in [0.3, 0.4) is 0 Å². The first-order chi connectivity index (χ1) is 7.99. The first-order valence-electron chi connectivity index (χ1n) is 6.65. The van der Waals surface area contributed by atoms with Crippen LogP contribution in [0.5, 0.6) is 0 Å². The fourth-order valence-corrected chi connectivity index (χ4v) is 3.88. The predicted octanol–water partition coefficient (Wildman–Crippen LogP) is 1.65. The Balaban J connectivity index is 2.20. The van der Waals surface area contributed by atoms with Gasteiger partial charge in [-0.15, -0.1) is 0 Å². The smallest absolute Gasteiger partial charge is 0.211 e. The zero-order valence-electron chi connectivity index (χ0n) is 10.7. The molecule has 1 unspecified atom stereocenters. The Hall–Kier alpha value is -0.130. The van der Waals surface area contributed by atoms with Gasteiger partial charge in [0.1, 0.15) is 0 Å². The molecule has 5 heteroatoms. The highest BCUT2D eigenvalue weighted by Gasteiger charge is 2.20. The molecule has 0 spiro atoms. The van der Waals surface area contributed by atoms with Crippen molar-refractivity contribution in [2.75, 3.05) is 12.3 Å². The molecule has 2 N–H and O–H groups in total. The topological polar surface area (TPSA) is 66.4 Å². The molecule has 1 fully saturated rings. The van der Waals surface area contributed by atoms with Gasteiger partial charge in [-0.3, -0.25) is 0 Å². The van der Waals surface area contributed by atoms with Crippen LogP contribution in [0, 0.1) is 5.92 Å². The fourth-order valence-electron chi connectivity index (χ4n) is 2.35. The molecule has 0 saturated heterocycles. The molecule has 17 heavy (non-hydrogen) atoms. The summed E-state index contributed by atoms with van der Waals surface area (Å²) in [6.45, 7) is 2.16. The standard InChI is InChI=1S/C12H25NO3S/c1-11(14)6-5-9-13-17(15,16)10-12-7-3-2-4-8-12/h11-14H,2-10H2,1H3. The average Bonchev–Trinajstić information content (AvgIpc) is 2.25. The lowest BCUT2D eigenvalue weighted by atomic mass is 9.91. The highest BCUT2D eigenvalue weighted by molar-refractivity contribution is 7.89. The van der Waals surface area contributed by atoms with Crippen molar-refractivity contribution in [3.05, 3.63) is 0 Å². The first-order valence-corrected chi connectivity index (χ1v) is 8.30. The average molecular weight is 263 g/mol. The van der Waals surface area contributed by atoms with Crippen LogP contribution >= 0.6 is 0 Å². The van der Waals surface area contributed by atoms with E-state index in [9.17, 15) is 8.42 Å². The third kappa shape index (κ3) is 7.01. The normalized spacial score (nSPS) is 20.4. The van der Waals surface area contributed by atoms with Gasteiger partial charge in [0, 0.05) is 6.54 Å². The van der Waals surface area contributed by atoms with Crippen LogP contribution in [0.25, 0.3) is 0 Å². The Morgan fingerprint density at radius 2 is 1.94 bits per heavy atom. The quantitative estimate of drug-likeness (QED) is 0.686. The van der Waals surface area contributed by atoms with E-state index in [0.717, 1.165) is 12.8 Å². The molecule has 4 nitrogen and oxygen atoms in total. The number of nitrogens with one attached hydrogen (secondary N) is 1. The van der Waals surface area contributed by atoms with Crippen molar-refractivity contribution in [1.29, 1.82) is 0 Å². The maximum absolute atomic E-state index is 11.8. The highest BCUT2D eigenvalue weighted by atomic mass is 32.2. The summed E-state index contributed by atoms with van der Waals surface area (Å²) in [6.07, 6.45) is 6.68. The molecule has 0 aliphatic heterocycles. The molecule has 1 aliphatic carbocycles. The van der Waals surface area contributed by atoms with E-state index in [4.69, 9.17) is 5.11 Å². The Kier molecular flexibility index (Phi) is 6.44. The minimum absolute atomic E-state index is 0.279. The van der Waals surface area contributed by atoms with E-state index in [1.807, 2.05) is 0 Å². The minimum atomic E-state index is -3.11. The van der Waals surface area contributed by atoms with Crippen molar-refractivity contribution < 1.29 is 13.5 Å². The van der Waals surface area contributed by atoms with Gasteiger partial charge in [-0.25, -0.2) is 13.1 Å². The Morgan fingerprint density at radius 1 is 1.29 bits per heavy atom. The summed E-state index contributed by atoms with van der Waals surface area (Å²) in [6, 6.07) is 0. The molecule has 0 aromatic carbocycles. The van der Waals surface area contributed by atoms with Gasteiger partial charge in [-0.2, -0.15) is 0 Å². The van der Waals surface area contributed by atoms with E-state index in [0.29, 0.717) is 25.3 Å². The van der Waals surface area contributed by atoms with E-state index < -0.39 is 10.0 Å². The number of hydrogen-bond donors (Lipinski definition) is 2. The van der Waals surface area contributed by atoms with Gasteiger partial charge in [-0.05, 0) is 38.5 Å². The molecule has 1 atom stereocenters. The molecule has 0 aromatic rings. The zero-order valence-corrected chi connectivity index (χ0v) is 11.5. The highest BCUT2D eigenvalue weighted by Crippen LogP contribution is 2.24. The van der Waals surface area contributed by atoms with Gasteiger partial charge in [0.2, 0.25) is 10.0 Å². The van der Waals surface area contributed by atoms with E-state index in [1.54, 1.807) is 6.92 Å². The summed E-state index contributed by atoms with van der Waals surface area (Å²) in [7, 11) is -3.11. The van der Waals surface area contributed by atoms with Gasteiger partial charge in [-0.1, -0.05) is 19.3 Å². The number of aliphatic hydroxyl groups is 1. The van der Waals surface area contributed by atoms with Crippen LogP contribution in [0.2, 0.25) is 0 Å². The van der Waals surface area contributed by atoms with Crippen molar-refractivity contribution in [2.24, 2.45) is 5.92 Å². The van der Waals surface area contributed by atoms with Gasteiger partial charge >= 0.3 is 0 Å². The van der Waals surface area contributed by atoms with E-state index in [-0.39, 0.29) is 11.9 Å². The van der Waals surface area contributed by atoms with Gasteiger partial charge in [0.25, 0.3) is 0 Å². The molecule has 0 heterocycles. The lowest BCUT2D eigenvalue weighted by Crippen LogP contribution is -2.31. The molecule has 0 radical (unpaired) electrons. The van der Waals surface area contributed by atoms with Crippen LogP contribution in [0.4, 0.5) is 0 Å². The number of rotatable bonds is 7. The van der Waals surface area contributed by atoms with Gasteiger partial charge < -0.3 is 5.11 Å². The van der Waals surface area contributed by atoms with Crippen molar-refractivity contribution >= 4 is 10.0 Å². The lowest BCUT2D eigenvalue weighted by Gasteiger charge is -2.21. The summed E-state index contributed by atoms with van der Waals surface area (Å²) in [5, 5.41) is 9.07. The summed E-state index contributed by atoms with van der Waals surface area (Å²) >= 11 is 0. The summed E-state index contributed by atoms with van der Waals surface area (Å²) in [5.41, 5.74) is 0. The molecule has 1 aliphatic rings. The zero-order chi connectivity index (χ0) is 12.7. The summed E-state index contributed by atoms with van der Waals surface area (Å²) in [5.74, 6) is 0.625. The second-order valence-corrected chi connectivity index (χ2v) is 7.02. The molecule has 0 amide bonds. The van der Waals surface area contributed by atoms with Crippen LogP contribution in [0.15, 0.2) is 0 Å². The summed E-state index contributed by atoms with van der Waals surface area (Å²) < 4.78 is 26.2. The molecule has 102 valence electrons. The van der Waals surface area contributed by atoms with Crippen molar-refractivity contribution in [2.45, 2.75) is 58.0 Å². The first kappa shape index (κ1) is 14.9. The maximum Gasteiger partial charge on any atom is 0.211 e. The number of sulfonamides is 1. The van der Waals surface area contributed by atoms with Crippen molar-refractivity contribution in [3.63, 3.8) is 0 Å². The van der Waals surface area contributed by atoms with Crippen molar-refractivity contribution in [1.82, 2.24) is 4.72 Å². The second-order valence-electron chi connectivity index (χ2n) is 5.17. The van der Waals surface area contributed by atoms with Crippen LogP contribution < -0.4 is 4.72 Å². The predicted molar refractivity (Wildman–Crippen MR) is 69.3 cm³/mol. The van der Waals surface area contributed by atoms with E-state index in [1.165, 1.54) is 19.3 Å². The maximum atomic E-state index is 11.8. The van der Waals surface area contributed by atoms with Gasteiger partial charge in [0.15, 0.2) is 0 Å². The molecule has 0 aromatic heterocycles. The SMILES string of the molecule is CC(O)CCCNS(=O)(=O)CC1CCCCC1. The minimum Gasteiger partial charge on any atom is -0.393 e. The second kappa shape index (κ2) is 7.34. The van der Waals surface area contributed by atoms with E-state index in [2.05, 4.69) is 4.72 Å². The van der Waals surface area contributed by atoms with Crippen molar-refractivity contribution in [3.8, 4) is 0 Å². The fraction of sp³-hybridized carbons (Fsp3) is 1.00. The van der Waals surface area contributed by atoms with Crippen LogP contribution in [0.1, 0.15) is 51.9 Å². The molecule has 1 rings (SSSR count). The Morgan fingerprint density at radius 3 is 2.53 bits per heavy atom. The lowest BCUT2D eigenvalue weighted by molar-refractivity contribution is 0.182. The van der Waals surface area contributed by atoms with Crippen LogP contribution in [-0.4, -0.2) is 31.9 Å². The third-order valence-electron chi connectivity index (χ3n) is 3.30. The summed E-state index contributed by atoms with van der Waals surface area (Å²) in [4.78, 5) is 0. The third-order valence-corrected chi connectivity index (χ3v) is 4.85. The molecule has 1 saturated carbocycles. The Bertz CT molecular complexity index is 295. The largest absolute Gasteiger partial charge is 0.393 e.